The molecule has 1 N–H and O–H groups in total. The second kappa shape index (κ2) is 4.86. The van der Waals surface area contributed by atoms with Crippen LogP contribution >= 0.6 is 11.8 Å². The highest BCUT2D eigenvalue weighted by Gasteiger charge is 2.24. The van der Waals surface area contributed by atoms with Crippen LogP contribution in [0, 0.1) is 0 Å². The fraction of sp³-hybridized carbons (Fsp3) is 1.00. The van der Waals surface area contributed by atoms with Gasteiger partial charge >= 0.3 is 0 Å². The summed E-state index contributed by atoms with van der Waals surface area (Å²) in [5.41, 5.74) is 0. The van der Waals surface area contributed by atoms with Crippen molar-refractivity contribution in [3.05, 3.63) is 0 Å². The summed E-state index contributed by atoms with van der Waals surface area (Å²) >= 11 is 1.85. The Kier molecular flexibility index (Phi) is 4.28. The van der Waals surface area contributed by atoms with Gasteiger partial charge in [-0.2, -0.15) is 11.8 Å². The van der Waals surface area contributed by atoms with E-state index in [1.54, 1.807) is 13.8 Å². The lowest BCUT2D eigenvalue weighted by Gasteiger charge is -2.27. The predicted octanol–water partition coefficient (Wildman–Crippen LogP) is 1.60. The Bertz CT molecular complexity index is 267. The van der Waals surface area contributed by atoms with Crippen LogP contribution in [0.25, 0.3) is 0 Å². The minimum atomic E-state index is -3.08. The molecule has 0 spiro atoms. The number of hydrogen-bond donors (Lipinski definition) is 1. The van der Waals surface area contributed by atoms with Gasteiger partial charge in [0.2, 0.25) is 10.0 Å². The first-order valence-corrected chi connectivity index (χ1v) is 7.64. The number of nitrogens with one attached hydrogen (secondary N) is 1. The van der Waals surface area contributed by atoms with Gasteiger partial charge in [0.25, 0.3) is 0 Å². The largest absolute Gasteiger partial charge is 0.214 e. The standard InChI is InChI=1S/C9H19NO2S2/c1-7(2)14(11,12)10-9-5-4-8(3)13-6-9/h7-10H,4-6H2,1-3H3. The van der Waals surface area contributed by atoms with Gasteiger partial charge in [-0.05, 0) is 26.7 Å². The molecular formula is C9H19NO2S2. The maximum absolute atomic E-state index is 11.6. The molecule has 0 aromatic heterocycles. The molecule has 5 heteroatoms. The predicted molar refractivity (Wildman–Crippen MR) is 62.1 cm³/mol. The van der Waals surface area contributed by atoms with Crippen molar-refractivity contribution < 1.29 is 8.42 Å². The third-order valence-electron chi connectivity index (χ3n) is 2.46. The summed E-state index contributed by atoms with van der Waals surface area (Å²) < 4.78 is 25.9. The third kappa shape index (κ3) is 3.44. The van der Waals surface area contributed by atoms with Crippen LogP contribution in [0.15, 0.2) is 0 Å². The highest BCUT2D eigenvalue weighted by Crippen LogP contribution is 2.25. The van der Waals surface area contributed by atoms with Crippen molar-refractivity contribution in [1.82, 2.24) is 4.72 Å². The van der Waals surface area contributed by atoms with E-state index in [-0.39, 0.29) is 11.3 Å². The van der Waals surface area contributed by atoms with Gasteiger partial charge in [-0.3, -0.25) is 0 Å². The Morgan fingerprint density at radius 2 is 2.00 bits per heavy atom. The lowest BCUT2D eigenvalue weighted by Crippen LogP contribution is -2.42. The first-order chi connectivity index (χ1) is 6.42. The molecule has 3 nitrogen and oxygen atoms in total. The van der Waals surface area contributed by atoms with E-state index >= 15 is 0 Å². The zero-order valence-electron chi connectivity index (χ0n) is 8.99. The smallest absolute Gasteiger partial charge is 0.212 e. The Morgan fingerprint density at radius 3 is 2.43 bits per heavy atom. The molecule has 84 valence electrons. The van der Waals surface area contributed by atoms with Crippen molar-refractivity contribution in [1.29, 1.82) is 0 Å². The minimum Gasteiger partial charge on any atom is -0.212 e. The Balaban J connectivity index is 2.46. The molecule has 0 bridgehead atoms. The van der Waals surface area contributed by atoms with E-state index in [2.05, 4.69) is 11.6 Å². The molecule has 0 aliphatic carbocycles. The summed E-state index contributed by atoms with van der Waals surface area (Å²) in [6.45, 7) is 5.61. The van der Waals surface area contributed by atoms with Crippen molar-refractivity contribution in [3.63, 3.8) is 0 Å². The summed E-state index contributed by atoms with van der Waals surface area (Å²) in [4.78, 5) is 0. The van der Waals surface area contributed by atoms with E-state index in [0.29, 0.717) is 5.25 Å². The molecule has 2 atom stereocenters. The summed E-state index contributed by atoms with van der Waals surface area (Å²) in [5.74, 6) is 0.910. The van der Waals surface area contributed by atoms with Crippen molar-refractivity contribution in [2.24, 2.45) is 0 Å². The van der Waals surface area contributed by atoms with Crippen LogP contribution in [0.1, 0.15) is 33.6 Å². The SMILES string of the molecule is CC1CCC(NS(=O)(=O)C(C)C)CS1. The van der Waals surface area contributed by atoms with E-state index in [4.69, 9.17) is 0 Å². The van der Waals surface area contributed by atoms with Crippen LogP contribution in [-0.2, 0) is 10.0 Å². The van der Waals surface area contributed by atoms with Crippen molar-refractivity contribution in [2.45, 2.75) is 50.2 Å². The Hall–Kier alpha value is 0.260. The lowest BCUT2D eigenvalue weighted by atomic mass is 10.1. The normalized spacial score (nSPS) is 29.4. The van der Waals surface area contributed by atoms with Crippen molar-refractivity contribution in [2.75, 3.05) is 5.75 Å². The first kappa shape index (κ1) is 12.3. The summed E-state index contributed by atoms with van der Waals surface area (Å²) in [7, 11) is -3.08. The average molecular weight is 237 g/mol. The molecule has 2 unspecified atom stereocenters. The van der Waals surface area contributed by atoms with E-state index < -0.39 is 10.0 Å². The number of thioether (sulfide) groups is 1. The lowest BCUT2D eigenvalue weighted by molar-refractivity contribution is 0.525. The monoisotopic (exact) mass is 237 g/mol. The fourth-order valence-corrected chi connectivity index (χ4v) is 3.50. The van der Waals surface area contributed by atoms with Crippen molar-refractivity contribution in [3.8, 4) is 0 Å². The van der Waals surface area contributed by atoms with E-state index in [1.165, 1.54) is 0 Å². The van der Waals surface area contributed by atoms with Gasteiger partial charge in [-0.25, -0.2) is 13.1 Å². The van der Waals surface area contributed by atoms with E-state index in [0.717, 1.165) is 18.6 Å². The van der Waals surface area contributed by atoms with Gasteiger partial charge in [0.1, 0.15) is 0 Å². The van der Waals surface area contributed by atoms with Gasteiger partial charge in [-0.1, -0.05) is 6.92 Å². The molecule has 0 saturated carbocycles. The molecule has 0 aromatic carbocycles. The molecule has 1 heterocycles. The van der Waals surface area contributed by atoms with Gasteiger partial charge < -0.3 is 0 Å². The maximum atomic E-state index is 11.6. The topological polar surface area (TPSA) is 46.2 Å². The molecule has 1 aliphatic rings. The molecular weight excluding hydrogens is 218 g/mol. The van der Waals surface area contributed by atoms with Crippen LogP contribution in [0.5, 0.6) is 0 Å². The second-order valence-corrected chi connectivity index (χ2v) is 7.87. The molecule has 1 rings (SSSR count). The summed E-state index contributed by atoms with van der Waals surface area (Å²) in [6, 6.07) is 0.142. The fourth-order valence-electron chi connectivity index (χ4n) is 1.34. The number of hydrogen-bond acceptors (Lipinski definition) is 3. The van der Waals surface area contributed by atoms with Crippen LogP contribution in [0.4, 0.5) is 0 Å². The molecule has 0 aromatic rings. The number of rotatable bonds is 3. The Morgan fingerprint density at radius 1 is 1.36 bits per heavy atom. The maximum Gasteiger partial charge on any atom is 0.214 e. The van der Waals surface area contributed by atoms with Crippen LogP contribution in [-0.4, -0.2) is 30.7 Å². The highest BCUT2D eigenvalue weighted by molar-refractivity contribution is 8.00. The molecule has 14 heavy (non-hydrogen) atoms. The van der Waals surface area contributed by atoms with E-state index in [9.17, 15) is 8.42 Å². The molecule has 1 aliphatic heterocycles. The van der Waals surface area contributed by atoms with Gasteiger partial charge in [-0.15, -0.1) is 0 Å². The summed E-state index contributed by atoms with van der Waals surface area (Å²) in [6.07, 6.45) is 2.08. The third-order valence-corrected chi connectivity index (χ3v) is 5.76. The average Bonchev–Trinajstić information content (AvgIpc) is 2.08. The quantitative estimate of drug-likeness (QED) is 0.811. The van der Waals surface area contributed by atoms with E-state index in [1.807, 2.05) is 11.8 Å². The van der Waals surface area contributed by atoms with Gasteiger partial charge in [0, 0.05) is 17.0 Å². The van der Waals surface area contributed by atoms with Gasteiger partial charge in [0.15, 0.2) is 0 Å². The second-order valence-electron chi connectivity index (χ2n) is 4.13. The zero-order valence-corrected chi connectivity index (χ0v) is 10.6. The zero-order chi connectivity index (χ0) is 10.8. The van der Waals surface area contributed by atoms with Crippen molar-refractivity contribution >= 4 is 21.8 Å². The summed E-state index contributed by atoms with van der Waals surface area (Å²) in [5, 5.41) is 0.349. The van der Waals surface area contributed by atoms with Gasteiger partial charge in [0.05, 0.1) is 5.25 Å². The molecule has 0 amide bonds. The molecule has 1 saturated heterocycles. The van der Waals surface area contributed by atoms with Crippen LogP contribution in [0.2, 0.25) is 0 Å². The van der Waals surface area contributed by atoms with Crippen LogP contribution < -0.4 is 4.72 Å². The molecule has 1 fully saturated rings. The Labute approximate surface area is 91.1 Å². The molecule has 0 radical (unpaired) electrons. The number of sulfonamides is 1. The minimum absolute atomic E-state index is 0.142. The first-order valence-electron chi connectivity index (χ1n) is 5.04. The van der Waals surface area contributed by atoms with Crippen LogP contribution in [0.3, 0.4) is 0 Å². The highest BCUT2D eigenvalue weighted by atomic mass is 32.2.